The fourth-order valence-electron chi connectivity index (χ4n) is 4.90. The number of pyridine rings is 1. The zero-order valence-electron chi connectivity index (χ0n) is 26.2. The molecule has 0 fully saturated rings. The molecule has 2 N–H and O–H groups in total. The molecule has 5 aromatic rings. The van der Waals surface area contributed by atoms with Crippen LogP contribution in [-0.2, 0) is 24.3 Å². The van der Waals surface area contributed by atoms with Gasteiger partial charge in [0.05, 0.1) is 33.9 Å². The first kappa shape index (κ1) is 33.5. The molecule has 2 heterocycles. The number of aromatic nitrogens is 3. The average Bonchev–Trinajstić information content (AvgIpc) is 3.37. The van der Waals surface area contributed by atoms with Gasteiger partial charge in [-0.3, -0.25) is 0 Å². The average molecular weight is 658 g/mol. The van der Waals surface area contributed by atoms with Gasteiger partial charge in [0.15, 0.2) is 0 Å². The van der Waals surface area contributed by atoms with Crippen LogP contribution >= 0.6 is 0 Å². The molecule has 0 saturated heterocycles. The molecule has 246 valence electrons. The number of nitrogens with zero attached hydrogens (tertiary/aromatic N) is 4. The summed E-state index contributed by atoms with van der Waals surface area (Å²) in [6, 6.07) is 16.7. The Balaban J connectivity index is 1.38. The third-order valence-corrected chi connectivity index (χ3v) is 7.12. The van der Waals surface area contributed by atoms with E-state index in [1.165, 1.54) is 48.5 Å². The first-order valence-corrected chi connectivity index (χ1v) is 14.8. The number of hydrogen-bond acceptors (Lipinski definition) is 7. The van der Waals surface area contributed by atoms with Crippen LogP contribution in [-0.4, -0.2) is 43.8 Å². The molecule has 0 bridgehead atoms. The Morgan fingerprint density at radius 1 is 0.958 bits per heavy atom. The van der Waals surface area contributed by atoms with Crippen molar-refractivity contribution in [1.82, 2.24) is 19.9 Å². The molecule has 13 heteroatoms. The fraction of sp³-hybridized carbons (Fsp3) is 0.229. The van der Waals surface area contributed by atoms with Gasteiger partial charge in [-0.15, -0.1) is 0 Å². The maximum atomic E-state index is 15.6. The van der Waals surface area contributed by atoms with E-state index in [4.69, 9.17) is 14.7 Å². The molecule has 0 aliphatic heterocycles. The van der Waals surface area contributed by atoms with E-state index in [0.29, 0.717) is 16.9 Å². The van der Waals surface area contributed by atoms with E-state index >= 15 is 8.78 Å². The molecule has 0 aliphatic rings. The van der Waals surface area contributed by atoms with Gasteiger partial charge in [0, 0.05) is 36.7 Å². The zero-order chi connectivity index (χ0) is 34.6. The van der Waals surface area contributed by atoms with Crippen LogP contribution in [0.1, 0.15) is 53.6 Å². The van der Waals surface area contributed by atoms with Crippen LogP contribution in [0.25, 0.3) is 22.3 Å². The van der Waals surface area contributed by atoms with Crippen molar-refractivity contribution in [2.24, 2.45) is 0 Å². The second-order valence-corrected chi connectivity index (χ2v) is 11.8. The topological polar surface area (TPSA) is 139 Å². The summed E-state index contributed by atoms with van der Waals surface area (Å²) < 4.78 is 57.9. The molecular weight excluding hydrogens is 627 g/mol. The number of hydrogen-bond donors (Lipinski definition) is 2. The standard InChI is InChI=1S/C35H30F3N5O5/c1-35(2,3)48-34(46)40-11-12-43-30-15-21(33(44)45)9-10-29(30)41-31(43)16-23-14-27(38)24(17-26(23)37)28-5-4-6-32(42-28)47-19-22-8-7-20(18-39)13-25(22)36/h4-10,13-15,17H,11-12,16,19H2,1-3H3,(H,40,46)(H,44,45). The summed E-state index contributed by atoms with van der Waals surface area (Å²) in [5.41, 5.74) is 0.460. The van der Waals surface area contributed by atoms with E-state index in [1.807, 2.05) is 6.07 Å². The lowest BCUT2D eigenvalue weighted by Gasteiger charge is -2.20. The number of fused-ring (bicyclic) bond motifs is 1. The second-order valence-electron chi connectivity index (χ2n) is 11.8. The molecule has 10 nitrogen and oxygen atoms in total. The molecule has 0 saturated carbocycles. The highest BCUT2D eigenvalue weighted by Crippen LogP contribution is 2.28. The van der Waals surface area contributed by atoms with Crippen LogP contribution < -0.4 is 10.1 Å². The molecule has 3 aromatic carbocycles. The minimum absolute atomic E-state index is 0.0117. The Kier molecular flexibility index (Phi) is 9.65. The summed E-state index contributed by atoms with van der Waals surface area (Å²) in [6.45, 7) is 5.20. The van der Waals surface area contributed by atoms with Gasteiger partial charge in [0.25, 0.3) is 0 Å². The van der Waals surface area contributed by atoms with Gasteiger partial charge in [-0.1, -0.05) is 12.1 Å². The van der Waals surface area contributed by atoms with E-state index in [1.54, 1.807) is 25.3 Å². The number of benzene rings is 3. The molecule has 0 unspecified atom stereocenters. The highest BCUT2D eigenvalue weighted by Gasteiger charge is 2.20. The lowest BCUT2D eigenvalue weighted by molar-refractivity contribution is 0.0525. The van der Waals surface area contributed by atoms with E-state index in [0.717, 1.165) is 18.2 Å². The number of halogens is 3. The molecule has 0 atom stereocenters. The molecule has 2 aromatic heterocycles. The van der Waals surface area contributed by atoms with Crippen molar-refractivity contribution in [2.45, 2.75) is 45.9 Å². The minimum atomic E-state index is -1.15. The highest BCUT2D eigenvalue weighted by atomic mass is 19.1. The van der Waals surface area contributed by atoms with Gasteiger partial charge < -0.3 is 24.5 Å². The van der Waals surface area contributed by atoms with Gasteiger partial charge in [-0.25, -0.2) is 32.7 Å². The number of alkyl carbamates (subject to hydrolysis) is 1. The quantitative estimate of drug-likeness (QED) is 0.168. The normalized spacial score (nSPS) is 11.3. The molecule has 48 heavy (non-hydrogen) atoms. The van der Waals surface area contributed by atoms with Crippen LogP contribution in [0.5, 0.6) is 5.88 Å². The fourth-order valence-corrected chi connectivity index (χ4v) is 4.90. The predicted octanol–water partition coefficient (Wildman–Crippen LogP) is 6.78. The van der Waals surface area contributed by atoms with E-state index in [9.17, 15) is 19.1 Å². The lowest BCUT2D eigenvalue weighted by Crippen LogP contribution is -2.34. The van der Waals surface area contributed by atoms with Crippen LogP contribution in [0.15, 0.2) is 66.7 Å². The number of nitriles is 1. The summed E-state index contributed by atoms with van der Waals surface area (Å²) in [5, 5.41) is 21.1. The molecule has 0 radical (unpaired) electrons. The van der Waals surface area contributed by atoms with Gasteiger partial charge in [0.2, 0.25) is 5.88 Å². The van der Waals surface area contributed by atoms with Crippen LogP contribution in [0.3, 0.4) is 0 Å². The van der Waals surface area contributed by atoms with E-state index < -0.39 is 35.1 Å². The Morgan fingerprint density at radius 3 is 2.44 bits per heavy atom. The SMILES string of the molecule is CC(C)(C)OC(=O)NCCn1c(Cc2cc(F)c(-c3cccc(OCc4ccc(C#N)cc4F)n3)cc2F)nc2ccc(C(=O)O)cc21. The number of nitrogens with one attached hydrogen (secondary N) is 1. The van der Waals surface area contributed by atoms with Crippen LogP contribution in [0.2, 0.25) is 0 Å². The van der Waals surface area contributed by atoms with Crippen molar-refractivity contribution in [3.63, 3.8) is 0 Å². The van der Waals surface area contributed by atoms with Crippen LogP contribution in [0, 0.1) is 28.8 Å². The number of rotatable bonds is 10. The van der Waals surface area contributed by atoms with Crippen molar-refractivity contribution in [2.75, 3.05) is 6.54 Å². The summed E-state index contributed by atoms with van der Waals surface area (Å²) in [4.78, 5) is 32.7. The van der Waals surface area contributed by atoms with Gasteiger partial charge >= 0.3 is 12.1 Å². The summed E-state index contributed by atoms with van der Waals surface area (Å²) in [5.74, 6) is -2.91. The number of carboxylic acid groups (broad SMARTS) is 1. The molecule has 1 amide bonds. The zero-order valence-corrected chi connectivity index (χ0v) is 26.2. The summed E-state index contributed by atoms with van der Waals surface area (Å²) >= 11 is 0. The Hall–Kier alpha value is -5.90. The minimum Gasteiger partial charge on any atom is -0.478 e. The Labute approximate surface area is 273 Å². The van der Waals surface area contributed by atoms with Crippen molar-refractivity contribution in [3.8, 4) is 23.2 Å². The first-order chi connectivity index (χ1) is 22.8. The number of imidazole rings is 1. The number of ether oxygens (including phenoxy) is 2. The Morgan fingerprint density at radius 2 is 1.73 bits per heavy atom. The van der Waals surface area contributed by atoms with Gasteiger partial charge in [-0.05, 0) is 74.9 Å². The maximum Gasteiger partial charge on any atom is 0.407 e. The van der Waals surface area contributed by atoms with Crippen molar-refractivity contribution in [1.29, 1.82) is 5.26 Å². The number of carboxylic acids is 1. The van der Waals surface area contributed by atoms with Gasteiger partial charge in [0.1, 0.15) is 35.5 Å². The molecule has 5 rings (SSSR count). The van der Waals surface area contributed by atoms with Crippen LogP contribution in [0.4, 0.5) is 18.0 Å². The first-order valence-electron chi connectivity index (χ1n) is 14.8. The third kappa shape index (κ3) is 7.90. The van der Waals surface area contributed by atoms with E-state index in [2.05, 4.69) is 15.3 Å². The lowest BCUT2D eigenvalue weighted by atomic mass is 10.0. The van der Waals surface area contributed by atoms with E-state index in [-0.39, 0.29) is 65.5 Å². The number of aromatic carboxylic acids is 1. The highest BCUT2D eigenvalue weighted by molar-refractivity contribution is 5.92. The predicted molar refractivity (Wildman–Crippen MR) is 169 cm³/mol. The van der Waals surface area contributed by atoms with Gasteiger partial charge in [-0.2, -0.15) is 5.26 Å². The van der Waals surface area contributed by atoms with Crippen molar-refractivity contribution >= 4 is 23.1 Å². The second kappa shape index (κ2) is 13.8. The molecule has 0 spiro atoms. The molecule has 0 aliphatic carbocycles. The maximum absolute atomic E-state index is 15.6. The summed E-state index contributed by atoms with van der Waals surface area (Å²) in [7, 11) is 0. The Bertz CT molecular complexity index is 2070. The van der Waals surface area contributed by atoms with Crippen molar-refractivity contribution in [3.05, 3.63) is 112 Å². The molecular formula is C35H30F3N5O5. The summed E-state index contributed by atoms with van der Waals surface area (Å²) in [6.07, 6.45) is -0.799. The number of carbonyl (C=O) groups is 2. The third-order valence-electron chi connectivity index (χ3n) is 7.12. The monoisotopic (exact) mass is 657 g/mol. The number of amides is 1. The van der Waals surface area contributed by atoms with Crippen molar-refractivity contribution < 1.29 is 37.3 Å². The number of carbonyl (C=O) groups excluding carboxylic acids is 1. The largest absolute Gasteiger partial charge is 0.478 e. The smallest absolute Gasteiger partial charge is 0.407 e.